The van der Waals surface area contributed by atoms with Crippen LogP contribution in [0.4, 0.5) is 17.1 Å². The summed E-state index contributed by atoms with van der Waals surface area (Å²) in [5, 5.41) is 26.2. The van der Waals surface area contributed by atoms with Crippen LogP contribution in [0.1, 0.15) is 11.1 Å². The average Bonchev–Trinajstić information content (AvgIpc) is 3.61. The number of hydrogen-bond donors (Lipinski definition) is 0. The van der Waals surface area contributed by atoms with E-state index in [1.807, 2.05) is 24.3 Å². The number of nitrogens with zero attached hydrogens (tertiary/aromatic N) is 4. The number of hydrogen-bond acceptors (Lipinski definition) is 3. The monoisotopic (exact) mass is 712 g/mol. The third-order valence-corrected chi connectivity index (χ3v) is 10.8. The number of benzene rings is 9. The first-order valence-electron chi connectivity index (χ1n) is 18.6. The number of anilines is 3. The van der Waals surface area contributed by atoms with Crippen LogP contribution < -0.4 is 4.90 Å². The summed E-state index contributed by atoms with van der Waals surface area (Å²) in [7, 11) is 0. The number of rotatable bonds is 6. The van der Waals surface area contributed by atoms with Crippen molar-refractivity contribution >= 4 is 60.4 Å². The molecule has 0 spiro atoms. The number of aromatic nitrogens is 1. The van der Waals surface area contributed by atoms with Crippen molar-refractivity contribution in [2.75, 3.05) is 4.90 Å². The fourth-order valence-electron chi connectivity index (χ4n) is 8.39. The zero-order valence-corrected chi connectivity index (χ0v) is 30.3. The first kappa shape index (κ1) is 32.7. The van der Waals surface area contributed by atoms with Crippen molar-refractivity contribution in [3.8, 4) is 40.1 Å². The lowest BCUT2D eigenvalue weighted by molar-refractivity contribution is 1.17. The summed E-state index contributed by atoms with van der Waals surface area (Å²) < 4.78 is 2.35. The second-order valence-electron chi connectivity index (χ2n) is 13.9. The minimum atomic E-state index is 0.617. The molecule has 0 unspecified atom stereocenters. The topological polar surface area (TPSA) is 55.8 Å². The standard InChI is InChI=1S/C52H32N4/c53-33-35-21-25-37(26-22-35)50-44-15-4-5-16-45(44)51(38-27-23-36(34-54)24-28-38)52-46(50)17-10-20-49(52)55(39-11-2-1-3-12-39)40-29-31-41(32-30-40)56-47-18-8-6-13-42(47)43-14-7-9-19-48(43)56/h1-32H. The van der Waals surface area contributed by atoms with Gasteiger partial charge in [-0.15, -0.1) is 0 Å². The second kappa shape index (κ2) is 13.5. The Bertz CT molecular complexity index is 3130. The summed E-state index contributed by atoms with van der Waals surface area (Å²) in [4.78, 5) is 2.35. The first-order valence-corrected chi connectivity index (χ1v) is 18.6. The molecule has 0 saturated carbocycles. The summed E-state index contributed by atoms with van der Waals surface area (Å²) in [5.41, 5.74) is 12.0. The Labute approximate surface area is 324 Å². The van der Waals surface area contributed by atoms with E-state index in [9.17, 15) is 10.5 Å². The van der Waals surface area contributed by atoms with Crippen molar-refractivity contribution in [3.05, 3.63) is 205 Å². The van der Waals surface area contributed by atoms with Crippen molar-refractivity contribution < 1.29 is 0 Å². The molecule has 0 fully saturated rings. The van der Waals surface area contributed by atoms with Gasteiger partial charge in [0.05, 0.1) is 40.0 Å². The molecule has 1 aromatic heterocycles. The van der Waals surface area contributed by atoms with Gasteiger partial charge in [-0.1, -0.05) is 115 Å². The smallest absolute Gasteiger partial charge is 0.0991 e. The Morgan fingerprint density at radius 3 is 1.41 bits per heavy atom. The zero-order valence-electron chi connectivity index (χ0n) is 30.3. The molecule has 0 aliphatic carbocycles. The van der Waals surface area contributed by atoms with E-state index in [2.05, 4.69) is 191 Å². The van der Waals surface area contributed by atoms with E-state index in [0.29, 0.717) is 11.1 Å². The van der Waals surface area contributed by atoms with E-state index in [1.54, 1.807) is 0 Å². The fraction of sp³-hybridized carbons (Fsp3) is 0. The van der Waals surface area contributed by atoms with Crippen molar-refractivity contribution in [1.82, 2.24) is 4.57 Å². The molecule has 260 valence electrons. The molecule has 9 aromatic carbocycles. The Morgan fingerprint density at radius 2 is 0.839 bits per heavy atom. The van der Waals surface area contributed by atoms with Crippen molar-refractivity contribution in [2.24, 2.45) is 0 Å². The summed E-state index contributed by atoms with van der Waals surface area (Å²) in [6.45, 7) is 0. The maximum atomic E-state index is 9.72. The van der Waals surface area contributed by atoms with Gasteiger partial charge in [0.25, 0.3) is 0 Å². The molecular weight excluding hydrogens is 681 g/mol. The van der Waals surface area contributed by atoms with Gasteiger partial charge < -0.3 is 9.47 Å². The van der Waals surface area contributed by atoms with Gasteiger partial charge in [-0.2, -0.15) is 10.5 Å². The molecule has 10 aromatic rings. The van der Waals surface area contributed by atoms with E-state index < -0.39 is 0 Å². The van der Waals surface area contributed by atoms with Gasteiger partial charge >= 0.3 is 0 Å². The fourth-order valence-corrected chi connectivity index (χ4v) is 8.39. The molecule has 0 bridgehead atoms. The molecule has 0 saturated heterocycles. The molecular formula is C52H32N4. The predicted octanol–water partition coefficient (Wildman–Crippen LogP) is 13.6. The van der Waals surface area contributed by atoms with Crippen LogP contribution in [0.2, 0.25) is 0 Å². The summed E-state index contributed by atoms with van der Waals surface area (Å²) in [6, 6.07) is 72.1. The molecule has 0 radical (unpaired) electrons. The molecule has 4 heteroatoms. The van der Waals surface area contributed by atoms with E-state index in [-0.39, 0.29) is 0 Å². The van der Waals surface area contributed by atoms with Crippen molar-refractivity contribution in [1.29, 1.82) is 10.5 Å². The minimum absolute atomic E-state index is 0.617. The van der Waals surface area contributed by atoms with Crippen LogP contribution in [0.5, 0.6) is 0 Å². The Hall–Kier alpha value is -7.92. The molecule has 0 aliphatic heterocycles. The molecule has 10 rings (SSSR count). The van der Waals surface area contributed by atoms with Crippen LogP contribution in [0.3, 0.4) is 0 Å². The van der Waals surface area contributed by atoms with Crippen LogP contribution >= 0.6 is 0 Å². The predicted molar refractivity (Wildman–Crippen MR) is 231 cm³/mol. The van der Waals surface area contributed by atoms with Crippen molar-refractivity contribution in [2.45, 2.75) is 0 Å². The highest BCUT2D eigenvalue weighted by atomic mass is 15.1. The Kier molecular flexibility index (Phi) is 7.88. The number of fused-ring (bicyclic) bond motifs is 5. The molecule has 4 nitrogen and oxygen atoms in total. The van der Waals surface area contributed by atoms with Crippen LogP contribution in [-0.4, -0.2) is 4.57 Å². The number of para-hydroxylation sites is 3. The van der Waals surface area contributed by atoms with Crippen LogP contribution in [0, 0.1) is 22.7 Å². The maximum absolute atomic E-state index is 9.72. The third kappa shape index (κ3) is 5.29. The van der Waals surface area contributed by atoms with Gasteiger partial charge in [0.2, 0.25) is 0 Å². The van der Waals surface area contributed by atoms with Crippen LogP contribution in [-0.2, 0) is 0 Å². The van der Waals surface area contributed by atoms with Crippen LogP contribution in [0.15, 0.2) is 194 Å². The van der Waals surface area contributed by atoms with Crippen molar-refractivity contribution in [3.63, 3.8) is 0 Å². The Morgan fingerprint density at radius 1 is 0.375 bits per heavy atom. The molecule has 0 N–H and O–H groups in total. The molecule has 0 aliphatic rings. The minimum Gasteiger partial charge on any atom is -0.310 e. The van der Waals surface area contributed by atoms with E-state index >= 15 is 0 Å². The van der Waals surface area contributed by atoms with Gasteiger partial charge in [0.1, 0.15) is 0 Å². The number of nitriles is 2. The van der Waals surface area contributed by atoms with Gasteiger partial charge in [0.15, 0.2) is 0 Å². The highest BCUT2D eigenvalue weighted by molar-refractivity contribution is 6.25. The van der Waals surface area contributed by atoms with E-state index in [4.69, 9.17) is 0 Å². The van der Waals surface area contributed by atoms with Crippen LogP contribution in [0.25, 0.3) is 71.3 Å². The van der Waals surface area contributed by atoms with Gasteiger partial charge in [-0.25, -0.2) is 0 Å². The maximum Gasteiger partial charge on any atom is 0.0991 e. The quantitative estimate of drug-likeness (QED) is 0.161. The lowest BCUT2D eigenvalue weighted by Crippen LogP contribution is -2.11. The molecule has 0 amide bonds. The highest BCUT2D eigenvalue weighted by Crippen LogP contribution is 2.49. The molecule has 56 heavy (non-hydrogen) atoms. The zero-order chi connectivity index (χ0) is 37.6. The first-order chi connectivity index (χ1) is 27.7. The summed E-state index contributed by atoms with van der Waals surface area (Å²) in [5.74, 6) is 0. The normalized spacial score (nSPS) is 11.2. The SMILES string of the molecule is N#Cc1ccc(-c2c3ccccc3c(-c3ccc(C#N)cc3)c3c(N(c4ccccc4)c4ccc(-n5c6ccccc6c6ccccc65)cc4)cccc23)cc1. The molecule has 1 heterocycles. The Balaban J connectivity index is 1.26. The van der Waals surface area contributed by atoms with Gasteiger partial charge in [-0.3, -0.25) is 0 Å². The van der Waals surface area contributed by atoms with E-state index in [0.717, 1.165) is 66.5 Å². The van der Waals surface area contributed by atoms with Gasteiger partial charge in [-0.05, 0) is 117 Å². The average molecular weight is 713 g/mol. The second-order valence-corrected chi connectivity index (χ2v) is 13.9. The van der Waals surface area contributed by atoms with Gasteiger partial charge in [0, 0.05) is 33.2 Å². The summed E-state index contributed by atoms with van der Waals surface area (Å²) >= 11 is 0. The lowest BCUT2D eigenvalue weighted by atomic mass is 9.84. The van der Waals surface area contributed by atoms with E-state index in [1.165, 1.54) is 21.8 Å². The largest absolute Gasteiger partial charge is 0.310 e. The summed E-state index contributed by atoms with van der Waals surface area (Å²) in [6.07, 6.45) is 0. The third-order valence-electron chi connectivity index (χ3n) is 10.8. The lowest BCUT2D eigenvalue weighted by Gasteiger charge is -2.29. The molecule has 0 atom stereocenters. The highest BCUT2D eigenvalue weighted by Gasteiger charge is 2.23.